The third kappa shape index (κ3) is 6.76. The zero-order chi connectivity index (χ0) is 33.0. The first-order valence-corrected chi connectivity index (χ1v) is 15.8. The van der Waals surface area contributed by atoms with E-state index in [4.69, 9.17) is 16.6 Å². The smallest absolute Gasteiger partial charge is 0.478 e. The standard InChI is InChI=1S/C35H37BN4O5S/c1-5-39(6-2)25-13-16-28-31(20-25)45-32-21-26(40(7-3)8-4)14-17-29(32)33(28)30-19-24(12-15-27(30)34(41)42)38-35(46)37-23-11-9-10-22(18-23)36(43)44/h9-21,43-44H,5-8H2,1-4H3,(H2-,37,38,41,42,46)/p+1. The first-order valence-electron chi connectivity index (χ1n) is 15.4. The summed E-state index contributed by atoms with van der Waals surface area (Å²) in [6.45, 7) is 11.8. The molecule has 46 heavy (non-hydrogen) atoms. The SMILES string of the molecule is CCN(CC)c1ccc2c(-c3cc(NC(=S)Nc4cccc(B(O)O)c4)ccc3C(=O)O)c3ccc(=[N+](CC)CC)cc-3oc2c1. The maximum absolute atomic E-state index is 12.6. The minimum absolute atomic E-state index is 0.142. The van der Waals surface area contributed by atoms with Gasteiger partial charge in [0.1, 0.15) is 24.4 Å². The molecule has 5 N–H and O–H groups in total. The average molecular weight is 638 g/mol. The van der Waals surface area contributed by atoms with Crippen LogP contribution in [0.25, 0.3) is 33.4 Å². The number of nitrogens with zero attached hydrogens (tertiary/aromatic N) is 2. The molecule has 0 saturated heterocycles. The fourth-order valence-electron chi connectivity index (χ4n) is 5.81. The number of carboxylic acid groups (broad SMARTS) is 1. The number of thiocarbonyl (C=S) groups is 1. The van der Waals surface area contributed by atoms with Crippen LogP contribution >= 0.6 is 12.2 Å². The van der Waals surface area contributed by atoms with Crippen molar-refractivity contribution in [2.75, 3.05) is 41.7 Å². The topological polar surface area (TPSA) is 121 Å². The fraction of sp³-hybridized carbons (Fsp3) is 0.229. The largest absolute Gasteiger partial charge is 0.488 e. The van der Waals surface area contributed by atoms with Crippen molar-refractivity contribution in [1.82, 2.24) is 4.58 Å². The Labute approximate surface area is 273 Å². The highest BCUT2D eigenvalue weighted by Crippen LogP contribution is 2.43. The molecule has 0 fully saturated rings. The number of rotatable bonds is 10. The van der Waals surface area contributed by atoms with Crippen molar-refractivity contribution in [1.29, 1.82) is 0 Å². The van der Waals surface area contributed by atoms with Gasteiger partial charge in [-0.1, -0.05) is 12.1 Å². The molecule has 0 unspecified atom stereocenters. The molecule has 0 atom stereocenters. The number of aromatic carboxylic acids is 1. The average Bonchev–Trinajstić information content (AvgIpc) is 3.04. The van der Waals surface area contributed by atoms with Gasteiger partial charge < -0.3 is 35.1 Å². The van der Waals surface area contributed by atoms with Gasteiger partial charge in [0.2, 0.25) is 5.36 Å². The van der Waals surface area contributed by atoms with Crippen molar-refractivity contribution < 1.29 is 24.4 Å². The Kier molecular flexibility index (Phi) is 10.1. The van der Waals surface area contributed by atoms with Crippen LogP contribution in [0.3, 0.4) is 0 Å². The van der Waals surface area contributed by atoms with Crippen LogP contribution in [-0.4, -0.2) is 59.5 Å². The van der Waals surface area contributed by atoms with Crippen LogP contribution in [0, 0.1) is 0 Å². The second kappa shape index (κ2) is 14.2. The van der Waals surface area contributed by atoms with E-state index in [-0.39, 0.29) is 10.7 Å². The Balaban J connectivity index is 1.69. The molecule has 1 heterocycles. The van der Waals surface area contributed by atoms with Gasteiger partial charge in [-0.3, -0.25) is 0 Å². The summed E-state index contributed by atoms with van der Waals surface area (Å²) in [5, 5.41) is 37.7. The van der Waals surface area contributed by atoms with E-state index < -0.39 is 13.1 Å². The molecular weight excluding hydrogens is 599 g/mol. The molecule has 236 valence electrons. The Bertz CT molecular complexity index is 1950. The van der Waals surface area contributed by atoms with E-state index in [9.17, 15) is 19.9 Å². The quantitative estimate of drug-likeness (QED) is 0.0620. The van der Waals surface area contributed by atoms with Crippen molar-refractivity contribution in [3.8, 4) is 22.5 Å². The molecular formula is C35H38BN4O5S+. The van der Waals surface area contributed by atoms with Crippen molar-refractivity contribution in [2.45, 2.75) is 27.7 Å². The summed E-state index contributed by atoms with van der Waals surface area (Å²) in [7, 11) is -1.61. The molecule has 0 saturated carbocycles. The molecule has 11 heteroatoms. The van der Waals surface area contributed by atoms with E-state index in [1.165, 1.54) is 0 Å². The predicted octanol–water partition coefficient (Wildman–Crippen LogP) is 5.05. The van der Waals surface area contributed by atoms with E-state index in [0.29, 0.717) is 33.7 Å². The van der Waals surface area contributed by atoms with E-state index in [1.807, 2.05) is 36.4 Å². The molecule has 1 aliphatic carbocycles. The third-order valence-corrected chi connectivity index (χ3v) is 8.37. The Morgan fingerprint density at radius 2 is 1.59 bits per heavy atom. The molecule has 0 radical (unpaired) electrons. The number of carbonyl (C=O) groups is 1. The number of benzene rings is 4. The molecule has 3 aromatic carbocycles. The summed E-state index contributed by atoms with van der Waals surface area (Å²) in [5.41, 5.74) is 5.35. The number of anilines is 3. The molecule has 0 spiro atoms. The zero-order valence-corrected chi connectivity index (χ0v) is 27.2. The number of hydrogen-bond acceptors (Lipinski definition) is 6. The van der Waals surface area contributed by atoms with Gasteiger partial charge in [0, 0.05) is 58.8 Å². The minimum atomic E-state index is -1.61. The Hall–Kier alpha value is -4.71. The highest BCUT2D eigenvalue weighted by Gasteiger charge is 2.23. The maximum atomic E-state index is 12.6. The lowest BCUT2D eigenvalue weighted by Gasteiger charge is -2.23. The minimum Gasteiger partial charge on any atom is -0.478 e. The Morgan fingerprint density at radius 3 is 2.24 bits per heavy atom. The van der Waals surface area contributed by atoms with Crippen LogP contribution in [-0.2, 0) is 0 Å². The third-order valence-electron chi connectivity index (χ3n) is 8.17. The van der Waals surface area contributed by atoms with Gasteiger partial charge in [-0.05, 0) is 99.5 Å². The lowest BCUT2D eigenvalue weighted by molar-refractivity contribution is 0.0697. The first kappa shape index (κ1) is 32.7. The molecule has 0 aromatic heterocycles. The van der Waals surface area contributed by atoms with E-state index >= 15 is 0 Å². The van der Waals surface area contributed by atoms with Crippen LogP contribution in [0.5, 0.6) is 0 Å². The van der Waals surface area contributed by atoms with Crippen LogP contribution in [0.1, 0.15) is 38.1 Å². The summed E-state index contributed by atoms with van der Waals surface area (Å²) in [5.74, 6) is -0.398. The number of nitrogens with one attached hydrogen (secondary N) is 2. The molecule has 9 nitrogen and oxygen atoms in total. The monoisotopic (exact) mass is 637 g/mol. The molecule has 0 amide bonds. The summed E-state index contributed by atoms with van der Waals surface area (Å²) < 4.78 is 8.81. The highest BCUT2D eigenvalue weighted by atomic mass is 32.1. The van der Waals surface area contributed by atoms with Crippen molar-refractivity contribution >= 4 is 63.9 Å². The van der Waals surface area contributed by atoms with Gasteiger partial charge in [0.25, 0.3) is 0 Å². The van der Waals surface area contributed by atoms with E-state index in [2.05, 4.69) is 47.8 Å². The van der Waals surface area contributed by atoms with Gasteiger partial charge in [-0.2, -0.15) is 0 Å². The number of hydrogen-bond donors (Lipinski definition) is 5. The van der Waals surface area contributed by atoms with Crippen LogP contribution in [0.2, 0.25) is 0 Å². The fourth-order valence-corrected chi connectivity index (χ4v) is 6.05. The van der Waals surface area contributed by atoms with E-state index in [0.717, 1.165) is 53.7 Å². The van der Waals surface area contributed by atoms with Crippen LogP contribution < -0.4 is 30.9 Å². The first-order chi connectivity index (χ1) is 22.2. The summed E-state index contributed by atoms with van der Waals surface area (Å²) in [4.78, 5) is 14.9. The lowest BCUT2D eigenvalue weighted by Crippen LogP contribution is -2.30. The molecule has 0 bridgehead atoms. The van der Waals surface area contributed by atoms with Gasteiger partial charge in [0.05, 0.1) is 11.6 Å². The summed E-state index contributed by atoms with van der Waals surface area (Å²) in [6.07, 6.45) is 0. The van der Waals surface area contributed by atoms with Gasteiger partial charge in [0.15, 0.2) is 5.11 Å². The van der Waals surface area contributed by atoms with Gasteiger partial charge in [-0.25, -0.2) is 9.37 Å². The second-order valence-electron chi connectivity index (χ2n) is 10.8. The number of carboxylic acids is 1. The lowest BCUT2D eigenvalue weighted by atomic mass is 9.80. The molecule has 3 aromatic rings. The van der Waals surface area contributed by atoms with Crippen molar-refractivity contribution in [3.05, 3.63) is 89.8 Å². The maximum Gasteiger partial charge on any atom is 0.488 e. The van der Waals surface area contributed by atoms with Gasteiger partial charge in [-0.15, -0.1) is 0 Å². The van der Waals surface area contributed by atoms with E-state index in [1.54, 1.807) is 42.5 Å². The summed E-state index contributed by atoms with van der Waals surface area (Å²) >= 11 is 5.56. The zero-order valence-electron chi connectivity index (χ0n) is 26.4. The summed E-state index contributed by atoms with van der Waals surface area (Å²) in [6, 6.07) is 23.8. The molecule has 1 aliphatic heterocycles. The predicted molar refractivity (Wildman–Crippen MR) is 191 cm³/mol. The normalized spacial score (nSPS) is 11.0. The molecule has 5 rings (SSSR count). The second-order valence-corrected chi connectivity index (χ2v) is 11.2. The highest BCUT2D eigenvalue weighted by molar-refractivity contribution is 7.80. The number of fused-ring (bicyclic) bond motifs is 2. The van der Waals surface area contributed by atoms with Gasteiger partial charge >= 0.3 is 13.1 Å². The van der Waals surface area contributed by atoms with Crippen molar-refractivity contribution in [2.24, 2.45) is 0 Å². The van der Waals surface area contributed by atoms with Crippen molar-refractivity contribution in [3.63, 3.8) is 0 Å². The Morgan fingerprint density at radius 1 is 0.870 bits per heavy atom. The van der Waals surface area contributed by atoms with Crippen LogP contribution in [0.15, 0.2) is 83.3 Å². The van der Waals surface area contributed by atoms with Crippen LogP contribution in [0.4, 0.5) is 17.1 Å². The molecule has 2 aliphatic rings.